The van der Waals surface area contributed by atoms with Crippen LogP contribution in [0.3, 0.4) is 0 Å². The van der Waals surface area contributed by atoms with Gasteiger partial charge in [0.2, 0.25) is 0 Å². The summed E-state index contributed by atoms with van der Waals surface area (Å²) in [4.78, 5) is 0. The van der Waals surface area contributed by atoms with E-state index in [1.165, 1.54) is 11.8 Å². The van der Waals surface area contributed by atoms with Crippen LogP contribution in [0.25, 0.3) is 0 Å². The molecule has 0 atom stereocenters. The zero-order chi connectivity index (χ0) is 13.0. The van der Waals surface area contributed by atoms with E-state index < -0.39 is 9.84 Å². The number of aromatic nitrogens is 1. The first-order chi connectivity index (χ1) is 8.53. The van der Waals surface area contributed by atoms with E-state index >= 15 is 0 Å². The molecule has 0 aliphatic rings. The average molecular weight is 342 g/mol. The number of sulfone groups is 1. The van der Waals surface area contributed by atoms with Crippen LogP contribution in [0.5, 0.6) is 0 Å². The Balaban J connectivity index is 0.00000180. The molecular weight excluding hydrogens is 326 g/mol. The third-order valence-corrected chi connectivity index (χ3v) is 3.45. The van der Waals surface area contributed by atoms with E-state index in [0.717, 1.165) is 12.1 Å². The highest BCUT2D eigenvalue weighted by Crippen LogP contribution is 2.02. The molecule has 0 aliphatic heterocycles. The van der Waals surface area contributed by atoms with Crippen molar-refractivity contribution in [2.75, 3.05) is 6.26 Å². The molecule has 0 N–H and O–H groups in total. The van der Waals surface area contributed by atoms with Crippen LogP contribution in [-0.4, -0.2) is 14.7 Å². The minimum atomic E-state index is -2.96. The Bertz CT molecular complexity index is 610. The minimum Gasteiger partial charge on any atom is -1.00 e. The second kappa shape index (κ2) is 6.82. The molecule has 1 aromatic carbocycles. The van der Waals surface area contributed by atoms with Gasteiger partial charge in [0.15, 0.2) is 28.8 Å². The largest absolute Gasteiger partial charge is 1.00 e. The van der Waals surface area contributed by atoms with E-state index in [1.54, 1.807) is 0 Å². The fraction of sp³-hybridized carbons (Fsp3) is 0.214. The summed E-state index contributed by atoms with van der Waals surface area (Å²) in [6, 6.07) is 13.8. The predicted octanol–water partition coefficient (Wildman–Crippen LogP) is -1.43. The van der Waals surface area contributed by atoms with Crippen LogP contribution >= 0.6 is 0 Å². The molecule has 0 saturated carbocycles. The molecule has 0 saturated heterocycles. The summed E-state index contributed by atoms with van der Waals surface area (Å²) in [6.07, 6.45) is 5.07. The van der Waals surface area contributed by atoms with Gasteiger partial charge in [-0.05, 0) is 5.56 Å². The number of halogens is 1. The van der Waals surface area contributed by atoms with Crippen molar-refractivity contribution >= 4 is 9.84 Å². The minimum absolute atomic E-state index is 0. The molecular formula is C14H16BrNO2S. The lowest BCUT2D eigenvalue weighted by Crippen LogP contribution is -3.00. The van der Waals surface area contributed by atoms with Crippen LogP contribution in [0, 0.1) is 0 Å². The van der Waals surface area contributed by atoms with Gasteiger partial charge in [0.05, 0.1) is 5.75 Å². The maximum atomic E-state index is 11.2. The van der Waals surface area contributed by atoms with Crippen molar-refractivity contribution in [3.8, 4) is 0 Å². The molecule has 0 spiro atoms. The highest BCUT2D eigenvalue weighted by Gasteiger charge is 2.07. The Morgan fingerprint density at radius 1 is 0.947 bits per heavy atom. The normalized spacial score (nSPS) is 10.8. The van der Waals surface area contributed by atoms with Crippen LogP contribution in [0.1, 0.15) is 11.1 Å². The van der Waals surface area contributed by atoms with Gasteiger partial charge in [-0.25, -0.2) is 13.0 Å². The van der Waals surface area contributed by atoms with Gasteiger partial charge in [-0.3, -0.25) is 0 Å². The Morgan fingerprint density at radius 3 is 2.05 bits per heavy atom. The molecule has 0 aliphatic carbocycles. The summed E-state index contributed by atoms with van der Waals surface area (Å²) < 4.78 is 24.4. The predicted molar refractivity (Wildman–Crippen MR) is 70.7 cm³/mol. The van der Waals surface area contributed by atoms with Crippen molar-refractivity contribution < 1.29 is 30.0 Å². The van der Waals surface area contributed by atoms with E-state index in [-0.39, 0.29) is 22.7 Å². The van der Waals surface area contributed by atoms with Crippen molar-refractivity contribution in [3.05, 3.63) is 66.0 Å². The fourth-order valence-corrected chi connectivity index (χ4v) is 2.58. The first-order valence-corrected chi connectivity index (χ1v) is 7.79. The van der Waals surface area contributed by atoms with Gasteiger partial charge in [0.1, 0.15) is 0 Å². The highest BCUT2D eigenvalue weighted by molar-refractivity contribution is 7.89. The van der Waals surface area contributed by atoms with Crippen LogP contribution in [0.2, 0.25) is 0 Å². The first kappa shape index (κ1) is 15.9. The number of rotatable bonds is 4. The zero-order valence-electron chi connectivity index (χ0n) is 10.7. The maximum absolute atomic E-state index is 11.2. The summed E-state index contributed by atoms with van der Waals surface area (Å²) in [7, 11) is -2.96. The van der Waals surface area contributed by atoms with Crippen molar-refractivity contribution in [1.29, 1.82) is 0 Å². The Morgan fingerprint density at radius 2 is 1.53 bits per heavy atom. The van der Waals surface area contributed by atoms with Gasteiger partial charge in [-0.1, -0.05) is 30.3 Å². The van der Waals surface area contributed by atoms with Crippen molar-refractivity contribution in [1.82, 2.24) is 0 Å². The second-order valence-electron chi connectivity index (χ2n) is 4.43. The van der Waals surface area contributed by atoms with Gasteiger partial charge in [0, 0.05) is 24.0 Å². The molecule has 0 amide bonds. The molecule has 0 unspecified atom stereocenters. The number of hydrogen-bond donors (Lipinski definition) is 0. The molecule has 1 aromatic heterocycles. The summed E-state index contributed by atoms with van der Waals surface area (Å²) in [6.45, 7) is 0.792. The monoisotopic (exact) mass is 341 g/mol. The number of hydrogen-bond acceptors (Lipinski definition) is 2. The molecule has 0 bridgehead atoms. The number of benzene rings is 1. The molecule has 2 aromatic rings. The van der Waals surface area contributed by atoms with Crippen LogP contribution in [0.4, 0.5) is 0 Å². The van der Waals surface area contributed by atoms with E-state index in [0.29, 0.717) is 0 Å². The van der Waals surface area contributed by atoms with Gasteiger partial charge in [0.25, 0.3) is 0 Å². The Labute approximate surface area is 124 Å². The summed E-state index contributed by atoms with van der Waals surface area (Å²) in [5.41, 5.74) is 2.04. The lowest BCUT2D eigenvalue weighted by atomic mass is 10.2. The third-order valence-electron chi connectivity index (χ3n) is 2.60. The van der Waals surface area contributed by atoms with Crippen molar-refractivity contribution in [2.24, 2.45) is 0 Å². The zero-order valence-corrected chi connectivity index (χ0v) is 13.1. The SMILES string of the molecule is CS(=O)(=O)Cc1cc[n+](Cc2ccccc2)cc1.[Br-]. The average Bonchev–Trinajstić information content (AvgIpc) is 2.31. The van der Waals surface area contributed by atoms with Crippen LogP contribution in [-0.2, 0) is 22.1 Å². The highest BCUT2D eigenvalue weighted by atomic mass is 79.9. The lowest BCUT2D eigenvalue weighted by Gasteiger charge is -2.00. The maximum Gasteiger partial charge on any atom is 0.173 e. The van der Waals surface area contributed by atoms with Crippen LogP contribution < -0.4 is 21.5 Å². The molecule has 5 heteroatoms. The first-order valence-electron chi connectivity index (χ1n) is 5.72. The Hall–Kier alpha value is -1.20. The molecule has 102 valence electrons. The number of pyridine rings is 1. The summed E-state index contributed by atoms with van der Waals surface area (Å²) in [5.74, 6) is 0.0964. The van der Waals surface area contributed by atoms with Gasteiger partial charge in [-0.2, -0.15) is 0 Å². The van der Waals surface area contributed by atoms with Crippen molar-refractivity contribution in [3.63, 3.8) is 0 Å². The van der Waals surface area contributed by atoms with Gasteiger partial charge >= 0.3 is 0 Å². The lowest BCUT2D eigenvalue weighted by molar-refractivity contribution is -0.688. The molecule has 2 rings (SSSR count). The number of nitrogens with zero attached hydrogens (tertiary/aromatic N) is 1. The third kappa shape index (κ3) is 5.53. The van der Waals surface area contributed by atoms with Crippen molar-refractivity contribution in [2.45, 2.75) is 12.3 Å². The summed E-state index contributed by atoms with van der Waals surface area (Å²) in [5, 5.41) is 0. The topological polar surface area (TPSA) is 38.0 Å². The smallest absolute Gasteiger partial charge is 0.173 e. The molecule has 1 heterocycles. The quantitative estimate of drug-likeness (QED) is 0.639. The van der Waals surface area contributed by atoms with E-state index in [2.05, 4.69) is 12.1 Å². The van der Waals surface area contributed by atoms with Crippen LogP contribution in [0.15, 0.2) is 54.9 Å². The standard InChI is InChI=1S/C14H16NO2S.BrH/c1-18(16,17)12-14-7-9-15(10-8-14)11-13-5-3-2-4-6-13;/h2-10H,11-12H2,1H3;1H/q+1;/p-1. The van der Waals surface area contributed by atoms with Gasteiger partial charge < -0.3 is 17.0 Å². The van der Waals surface area contributed by atoms with E-state index in [1.807, 2.05) is 47.3 Å². The summed E-state index contributed by atoms with van der Waals surface area (Å²) >= 11 is 0. The molecule has 0 fully saturated rings. The molecule has 3 nitrogen and oxygen atoms in total. The fourth-order valence-electron chi connectivity index (χ4n) is 1.79. The molecule has 19 heavy (non-hydrogen) atoms. The molecule has 0 radical (unpaired) electrons. The van der Waals surface area contributed by atoms with E-state index in [9.17, 15) is 8.42 Å². The van der Waals surface area contributed by atoms with Gasteiger partial charge in [-0.15, -0.1) is 0 Å². The Kier molecular flexibility index (Phi) is 5.69. The second-order valence-corrected chi connectivity index (χ2v) is 6.57. The van der Waals surface area contributed by atoms with E-state index in [4.69, 9.17) is 0 Å².